The molecule has 0 spiro atoms. The molecule has 7 heteroatoms. The van der Waals surface area contributed by atoms with Gasteiger partial charge in [0.2, 0.25) is 4.96 Å². The number of hydrogen-bond acceptors (Lipinski definition) is 6. The Bertz CT molecular complexity index is 699. The molecule has 0 atom stereocenters. The van der Waals surface area contributed by atoms with E-state index in [9.17, 15) is 0 Å². The lowest BCUT2D eigenvalue weighted by molar-refractivity contribution is 0.675. The highest BCUT2D eigenvalue weighted by molar-refractivity contribution is 7.16. The van der Waals surface area contributed by atoms with Gasteiger partial charge in [-0.05, 0) is 25.0 Å². The summed E-state index contributed by atoms with van der Waals surface area (Å²) in [5.41, 5.74) is 0.932. The number of hydrogen-bond donors (Lipinski definition) is 1. The number of rotatable bonds is 4. The van der Waals surface area contributed by atoms with Crippen molar-refractivity contribution >= 4 is 16.3 Å². The topological polar surface area (TPSA) is 68.0 Å². The lowest BCUT2D eigenvalue weighted by Crippen LogP contribution is -2.15. The number of fused-ring (bicyclic) bond motifs is 1. The molecule has 19 heavy (non-hydrogen) atoms. The zero-order valence-corrected chi connectivity index (χ0v) is 11.0. The van der Waals surface area contributed by atoms with Gasteiger partial charge in [-0.25, -0.2) is 0 Å². The Morgan fingerprint density at radius 1 is 1.37 bits per heavy atom. The van der Waals surface area contributed by atoms with Crippen molar-refractivity contribution in [1.82, 2.24) is 30.1 Å². The summed E-state index contributed by atoms with van der Waals surface area (Å²) < 4.78 is 1.80. The summed E-state index contributed by atoms with van der Waals surface area (Å²) in [6.45, 7) is 0.811. The van der Waals surface area contributed by atoms with Gasteiger partial charge in [-0.1, -0.05) is 11.3 Å². The maximum Gasteiger partial charge on any atom is 0.235 e. The van der Waals surface area contributed by atoms with Gasteiger partial charge in [0.05, 0.1) is 0 Å². The SMILES string of the molecule is c1cncc(-c2nnc3sc(CNC4CC4)nn23)c1. The molecule has 3 heterocycles. The van der Waals surface area contributed by atoms with Crippen LogP contribution in [0.4, 0.5) is 0 Å². The summed E-state index contributed by atoms with van der Waals surface area (Å²) in [7, 11) is 0. The molecular weight excluding hydrogens is 260 g/mol. The number of nitrogens with zero attached hydrogens (tertiary/aromatic N) is 5. The van der Waals surface area contributed by atoms with Crippen LogP contribution in [-0.4, -0.2) is 30.8 Å². The van der Waals surface area contributed by atoms with Gasteiger partial charge in [0.25, 0.3) is 0 Å². The molecule has 0 saturated heterocycles. The van der Waals surface area contributed by atoms with E-state index in [-0.39, 0.29) is 0 Å². The summed E-state index contributed by atoms with van der Waals surface area (Å²) in [6, 6.07) is 4.54. The second-order valence-corrected chi connectivity index (χ2v) is 5.65. The third-order valence-electron chi connectivity index (χ3n) is 3.07. The standard InChI is InChI=1S/C12H12N6S/c1-2-8(6-13-5-1)11-15-16-12-18(11)17-10(19-12)7-14-9-3-4-9/h1-2,5-6,9,14H,3-4,7H2. The van der Waals surface area contributed by atoms with Crippen molar-refractivity contribution < 1.29 is 0 Å². The lowest BCUT2D eigenvalue weighted by atomic mass is 10.3. The monoisotopic (exact) mass is 272 g/mol. The normalized spacial score (nSPS) is 15.2. The lowest BCUT2D eigenvalue weighted by Gasteiger charge is -1.97. The molecule has 3 aromatic rings. The molecule has 0 radical (unpaired) electrons. The fraction of sp³-hybridized carbons (Fsp3) is 0.333. The quantitative estimate of drug-likeness (QED) is 0.779. The van der Waals surface area contributed by atoms with E-state index < -0.39 is 0 Å². The third kappa shape index (κ3) is 2.11. The van der Waals surface area contributed by atoms with Crippen LogP contribution in [0.5, 0.6) is 0 Å². The van der Waals surface area contributed by atoms with Crippen molar-refractivity contribution in [2.45, 2.75) is 25.4 Å². The van der Waals surface area contributed by atoms with Gasteiger partial charge in [-0.2, -0.15) is 9.61 Å². The number of nitrogens with one attached hydrogen (secondary N) is 1. The van der Waals surface area contributed by atoms with Crippen LogP contribution in [0.15, 0.2) is 24.5 Å². The summed E-state index contributed by atoms with van der Waals surface area (Å²) in [5, 5.41) is 17.4. The average Bonchev–Trinajstić information content (AvgIpc) is 3.06. The molecule has 1 aliphatic carbocycles. The second kappa shape index (κ2) is 4.36. The largest absolute Gasteiger partial charge is 0.308 e. The molecule has 0 amide bonds. The number of aromatic nitrogens is 5. The van der Waals surface area contributed by atoms with Crippen molar-refractivity contribution in [1.29, 1.82) is 0 Å². The predicted molar refractivity (Wildman–Crippen MR) is 71.8 cm³/mol. The van der Waals surface area contributed by atoms with Crippen LogP contribution in [0.2, 0.25) is 0 Å². The Kier molecular flexibility index (Phi) is 2.52. The van der Waals surface area contributed by atoms with Crippen LogP contribution in [0.25, 0.3) is 16.3 Å². The van der Waals surface area contributed by atoms with E-state index >= 15 is 0 Å². The van der Waals surface area contributed by atoms with E-state index in [2.05, 4.69) is 25.6 Å². The van der Waals surface area contributed by atoms with E-state index in [4.69, 9.17) is 0 Å². The Morgan fingerprint density at radius 2 is 2.32 bits per heavy atom. The first-order valence-electron chi connectivity index (χ1n) is 6.25. The van der Waals surface area contributed by atoms with E-state index in [1.165, 1.54) is 12.8 Å². The maximum absolute atomic E-state index is 4.57. The molecule has 1 aliphatic rings. The van der Waals surface area contributed by atoms with E-state index in [1.807, 2.05) is 12.1 Å². The van der Waals surface area contributed by atoms with Gasteiger partial charge in [0.1, 0.15) is 5.01 Å². The van der Waals surface area contributed by atoms with Gasteiger partial charge < -0.3 is 5.32 Å². The van der Waals surface area contributed by atoms with E-state index in [0.29, 0.717) is 6.04 Å². The first-order chi connectivity index (χ1) is 9.40. The summed E-state index contributed by atoms with van der Waals surface area (Å²) in [5.74, 6) is 0.747. The van der Waals surface area contributed by atoms with Crippen molar-refractivity contribution in [2.75, 3.05) is 0 Å². The highest BCUT2D eigenvalue weighted by Gasteiger charge is 2.21. The maximum atomic E-state index is 4.57. The predicted octanol–water partition coefficient (Wildman–Crippen LogP) is 1.50. The van der Waals surface area contributed by atoms with Gasteiger partial charge in [0.15, 0.2) is 5.82 Å². The Balaban J connectivity index is 1.67. The molecule has 4 rings (SSSR count). The number of pyridine rings is 1. The van der Waals surface area contributed by atoms with Crippen LogP contribution >= 0.6 is 11.3 Å². The van der Waals surface area contributed by atoms with Gasteiger partial charge in [-0.15, -0.1) is 10.2 Å². The van der Waals surface area contributed by atoms with Crippen molar-refractivity contribution in [3.05, 3.63) is 29.5 Å². The highest BCUT2D eigenvalue weighted by Crippen LogP contribution is 2.22. The summed E-state index contributed by atoms with van der Waals surface area (Å²) in [6.07, 6.45) is 6.09. The molecule has 1 saturated carbocycles. The summed E-state index contributed by atoms with van der Waals surface area (Å²) in [4.78, 5) is 4.93. The molecule has 0 aromatic carbocycles. The summed E-state index contributed by atoms with van der Waals surface area (Å²) >= 11 is 1.58. The van der Waals surface area contributed by atoms with Crippen LogP contribution in [0, 0.1) is 0 Å². The smallest absolute Gasteiger partial charge is 0.235 e. The minimum Gasteiger partial charge on any atom is -0.308 e. The van der Waals surface area contributed by atoms with Crippen LogP contribution < -0.4 is 5.32 Å². The van der Waals surface area contributed by atoms with E-state index in [0.717, 1.165) is 27.9 Å². The molecule has 1 N–H and O–H groups in total. The minimum atomic E-state index is 0.687. The minimum absolute atomic E-state index is 0.687. The molecule has 96 valence electrons. The first kappa shape index (κ1) is 11.0. The molecule has 0 bridgehead atoms. The Hall–Kier alpha value is -1.86. The molecule has 6 nitrogen and oxygen atoms in total. The van der Waals surface area contributed by atoms with Crippen molar-refractivity contribution in [2.24, 2.45) is 0 Å². The first-order valence-corrected chi connectivity index (χ1v) is 7.07. The van der Waals surface area contributed by atoms with Crippen LogP contribution in [0.3, 0.4) is 0 Å². The highest BCUT2D eigenvalue weighted by atomic mass is 32.1. The zero-order chi connectivity index (χ0) is 12.7. The average molecular weight is 272 g/mol. The fourth-order valence-electron chi connectivity index (χ4n) is 1.92. The van der Waals surface area contributed by atoms with E-state index in [1.54, 1.807) is 28.2 Å². The Morgan fingerprint density at radius 3 is 3.11 bits per heavy atom. The zero-order valence-electron chi connectivity index (χ0n) is 10.2. The fourth-order valence-corrected chi connectivity index (χ4v) is 2.71. The molecule has 3 aromatic heterocycles. The third-order valence-corrected chi connectivity index (χ3v) is 3.97. The Labute approximate surface area is 113 Å². The molecule has 0 aliphatic heterocycles. The van der Waals surface area contributed by atoms with Crippen LogP contribution in [0.1, 0.15) is 17.8 Å². The second-order valence-electron chi connectivity index (χ2n) is 4.61. The molecule has 1 fully saturated rings. The van der Waals surface area contributed by atoms with Gasteiger partial charge in [0, 0.05) is 30.5 Å². The molecule has 0 unspecified atom stereocenters. The van der Waals surface area contributed by atoms with Gasteiger partial charge >= 0.3 is 0 Å². The van der Waals surface area contributed by atoms with Crippen LogP contribution in [-0.2, 0) is 6.54 Å². The molecular formula is C12H12N6S. The van der Waals surface area contributed by atoms with Crippen molar-refractivity contribution in [3.63, 3.8) is 0 Å². The van der Waals surface area contributed by atoms with Gasteiger partial charge in [-0.3, -0.25) is 4.98 Å². The van der Waals surface area contributed by atoms with Crippen molar-refractivity contribution in [3.8, 4) is 11.4 Å².